The lowest BCUT2D eigenvalue weighted by Gasteiger charge is -2.13. The van der Waals surface area contributed by atoms with Crippen LogP contribution >= 0.6 is 8.25 Å². The minimum absolute atomic E-state index is 0.409. The van der Waals surface area contributed by atoms with E-state index >= 15 is 0 Å². The fraction of sp³-hybridized carbons (Fsp3) is 1.00. The molecule has 8 heteroatoms. The van der Waals surface area contributed by atoms with Crippen molar-refractivity contribution in [3.63, 3.8) is 0 Å². The summed E-state index contributed by atoms with van der Waals surface area (Å²) in [6, 6.07) is 0. The molecule has 4 aliphatic heterocycles. The number of epoxide rings is 4. The largest absolute Gasteiger partial charge is 0.697 e. The summed E-state index contributed by atoms with van der Waals surface area (Å²) in [7, 11) is -2.04. The highest BCUT2D eigenvalue weighted by Crippen LogP contribution is 2.33. The van der Waals surface area contributed by atoms with Crippen LogP contribution in [0.25, 0.3) is 0 Å². The minimum Gasteiger partial charge on any atom is -0.373 e. The predicted octanol–water partition coefficient (Wildman–Crippen LogP) is 2.85. The Labute approximate surface area is 155 Å². The molecule has 0 N–H and O–H groups in total. The van der Waals surface area contributed by atoms with Crippen molar-refractivity contribution in [2.45, 2.75) is 62.9 Å². The molecular weight excluding hydrogens is 359 g/mol. The van der Waals surface area contributed by atoms with Gasteiger partial charge in [0.2, 0.25) is 0 Å². The first-order chi connectivity index (χ1) is 12.7. The molecule has 0 aromatic carbocycles. The van der Waals surface area contributed by atoms with E-state index in [9.17, 15) is 4.57 Å². The Morgan fingerprint density at radius 3 is 1.27 bits per heavy atom. The molecule has 0 aromatic rings. The highest BCUT2D eigenvalue weighted by molar-refractivity contribution is 7.33. The normalized spacial score (nSPS) is 34.2. The first-order valence-electron chi connectivity index (χ1n) is 9.94. The monoisotopic (exact) mass is 389 g/mol. The number of hydrogen-bond acceptors (Lipinski definition) is 7. The first kappa shape index (κ1) is 19.2. The summed E-state index contributed by atoms with van der Waals surface area (Å²) < 4.78 is 44.1. The van der Waals surface area contributed by atoms with Crippen LogP contribution in [0.2, 0.25) is 0 Å². The average molecular weight is 389 g/mol. The van der Waals surface area contributed by atoms with Crippen LogP contribution in [0.3, 0.4) is 0 Å². The Hall–Kier alpha value is -0.140. The van der Waals surface area contributed by atoms with Gasteiger partial charge in [-0.25, -0.2) is 0 Å². The minimum atomic E-state index is -2.04. The van der Waals surface area contributed by atoms with Gasteiger partial charge < -0.3 is 18.9 Å². The smallest absolute Gasteiger partial charge is 0.373 e. The van der Waals surface area contributed by atoms with Gasteiger partial charge in [0.15, 0.2) is 0 Å². The van der Waals surface area contributed by atoms with Crippen LogP contribution in [0.5, 0.6) is 0 Å². The van der Waals surface area contributed by atoms with Crippen molar-refractivity contribution in [3.05, 3.63) is 0 Å². The van der Waals surface area contributed by atoms with Crippen molar-refractivity contribution in [2.24, 2.45) is 11.8 Å². The van der Waals surface area contributed by atoms with E-state index in [-0.39, 0.29) is 0 Å². The lowest BCUT2D eigenvalue weighted by Crippen LogP contribution is -2.11. The van der Waals surface area contributed by atoms with E-state index in [1.807, 2.05) is 0 Å². The lowest BCUT2D eigenvalue weighted by atomic mass is 9.95. The molecule has 0 saturated carbocycles. The van der Waals surface area contributed by atoms with Crippen LogP contribution in [-0.4, -0.2) is 64.1 Å². The molecule has 26 heavy (non-hydrogen) atoms. The van der Waals surface area contributed by atoms with E-state index < -0.39 is 8.25 Å². The number of ether oxygens (including phenoxy) is 4. The van der Waals surface area contributed by atoms with Gasteiger partial charge in [0, 0.05) is 4.57 Å². The molecule has 7 nitrogen and oxygen atoms in total. The van der Waals surface area contributed by atoms with Gasteiger partial charge in [-0.2, -0.15) is 0 Å². The molecule has 4 atom stereocenters. The second kappa shape index (κ2) is 9.37. The van der Waals surface area contributed by atoms with Crippen LogP contribution in [0.1, 0.15) is 38.5 Å². The zero-order valence-corrected chi connectivity index (χ0v) is 16.1. The Morgan fingerprint density at radius 2 is 1.00 bits per heavy atom. The molecule has 4 saturated heterocycles. The summed E-state index contributed by atoms with van der Waals surface area (Å²) in [5.41, 5.74) is 0. The van der Waals surface area contributed by atoms with Crippen LogP contribution in [0, 0.1) is 11.8 Å². The van der Waals surface area contributed by atoms with Gasteiger partial charge in [0.25, 0.3) is 0 Å². The molecule has 4 unspecified atom stereocenters. The predicted molar refractivity (Wildman–Crippen MR) is 93.2 cm³/mol. The van der Waals surface area contributed by atoms with Crippen molar-refractivity contribution >= 4 is 8.25 Å². The van der Waals surface area contributed by atoms with Gasteiger partial charge in [0.05, 0.1) is 50.8 Å². The fourth-order valence-corrected chi connectivity index (χ4v) is 4.18. The molecule has 0 bridgehead atoms. The maximum Gasteiger partial charge on any atom is 0.697 e. The first-order valence-corrected chi connectivity index (χ1v) is 11.0. The zero-order valence-electron chi connectivity index (χ0n) is 15.3. The van der Waals surface area contributed by atoms with E-state index in [1.54, 1.807) is 0 Å². The standard InChI is InChI=1S/C18H30O7P/c19-26(24-3-1-13(5-15-9-20-15)6-16-10-21-16)25-4-2-14(7-17-11-22-17)8-18-12-23-18/h13-18H,1-12H2/q+1. The Kier molecular flexibility index (Phi) is 6.92. The molecule has 4 fully saturated rings. The second-order valence-electron chi connectivity index (χ2n) is 7.96. The van der Waals surface area contributed by atoms with Gasteiger partial charge in [-0.05, 0) is 50.4 Å². The van der Waals surface area contributed by atoms with Gasteiger partial charge in [-0.1, -0.05) is 0 Å². The molecule has 0 aliphatic carbocycles. The third-order valence-corrected chi connectivity index (χ3v) is 6.23. The van der Waals surface area contributed by atoms with E-state index in [2.05, 4.69) is 0 Å². The van der Waals surface area contributed by atoms with Crippen molar-refractivity contribution in [3.8, 4) is 0 Å². The van der Waals surface area contributed by atoms with E-state index in [0.29, 0.717) is 49.5 Å². The van der Waals surface area contributed by atoms with E-state index in [4.69, 9.17) is 28.0 Å². The maximum absolute atomic E-state index is 11.9. The fourth-order valence-electron chi connectivity index (χ4n) is 3.59. The molecule has 0 amide bonds. The Balaban J connectivity index is 1.06. The van der Waals surface area contributed by atoms with Gasteiger partial charge in [0.1, 0.15) is 13.2 Å². The molecule has 0 spiro atoms. The molecule has 4 rings (SSSR count). The number of rotatable bonds is 16. The quantitative estimate of drug-likeness (QED) is 0.296. The third kappa shape index (κ3) is 7.85. The van der Waals surface area contributed by atoms with Crippen molar-refractivity contribution in [1.82, 2.24) is 0 Å². The van der Waals surface area contributed by atoms with Gasteiger partial charge >= 0.3 is 8.25 Å². The summed E-state index contributed by atoms with van der Waals surface area (Å²) >= 11 is 0. The molecule has 0 aromatic heterocycles. The van der Waals surface area contributed by atoms with Crippen LogP contribution in [0.4, 0.5) is 0 Å². The topological polar surface area (TPSA) is 85.7 Å². The van der Waals surface area contributed by atoms with Crippen molar-refractivity contribution in [2.75, 3.05) is 39.6 Å². The summed E-state index contributed by atoms with van der Waals surface area (Å²) in [6.07, 6.45) is 7.60. The molecule has 0 radical (unpaired) electrons. The highest BCUT2D eigenvalue weighted by atomic mass is 31.1. The summed E-state index contributed by atoms with van der Waals surface area (Å²) in [5, 5.41) is 0. The van der Waals surface area contributed by atoms with Gasteiger partial charge in [-0.15, -0.1) is 9.05 Å². The Bertz CT molecular complexity index is 392. The molecule has 4 heterocycles. The van der Waals surface area contributed by atoms with Crippen LogP contribution in [-0.2, 0) is 32.6 Å². The SMILES string of the molecule is O=[P+](OCCC(CC1CO1)CC1CO1)OCCC(CC1CO1)CC1CO1. The maximum atomic E-state index is 11.9. The summed E-state index contributed by atoms with van der Waals surface area (Å²) in [5.74, 6) is 1.03. The van der Waals surface area contributed by atoms with E-state index in [0.717, 1.165) is 65.0 Å². The van der Waals surface area contributed by atoms with E-state index in [1.165, 1.54) is 0 Å². The van der Waals surface area contributed by atoms with Crippen molar-refractivity contribution < 1.29 is 32.6 Å². The third-order valence-electron chi connectivity index (χ3n) is 5.44. The van der Waals surface area contributed by atoms with Gasteiger partial charge in [-0.3, -0.25) is 0 Å². The summed E-state index contributed by atoms with van der Waals surface area (Å²) in [6.45, 7) is 4.43. The zero-order chi connectivity index (χ0) is 17.8. The second-order valence-corrected chi connectivity index (χ2v) is 8.93. The molecular formula is C18H30O7P+. The number of hydrogen-bond donors (Lipinski definition) is 0. The van der Waals surface area contributed by atoms with Crippen LogP contribution in [0.15, 0.2) is 0 Å². The Morgan fingerprint density at radius 1 is 0.692 bits per heavy atom. The average Bonchev–Trinajstić information content (AvgIpc) is 3.43. The van der Waals surface area contributed by atoms with Crippen molar-refractivity contribution in [1.29, 1.82) is 0 Å². The van der Waals surface area contributed by atoms with Crippen LogP contribution < -0.4 is 0 Å². The lowest BCUT2D eigenvalue weighted by molar-refractivity contribution is 0.187. The molecule has 148 valence electrons. The summed E-state index contributed by atoms with van der Waals surface area (Å²) in [4.78, 5) is 0. The molecule has 4 aliphatic rings. The highest BCUT2D eigenvalue weighted by Gasteiger charge is 2.34.